The number of carbonyl (C=O) groups excluding carboxylic acids is 2. The molecule has 0 aliphatic carbocycles. The summed E-state index contributed by atoms with van der Waals surface area (Å²) in [6.07, 6.45) is 1.65. The van der Waals surface area contributed by atoms with E-state index in [0.717, 1.165) is 0 Å². The minimum Gasteiger partial charge on any atom is -0.497 e. The van der Waals surface area contributed by atoms with Gasteiger partial charge in [-0.1, -0.05) is 29.5 Å². The molecule has 0 fully saturated rings. The lowest BCUT2D eigenvalue weighted by Crippen LogP contribution is -2.43. The number of anilines is 1. The Hall–Kier alpha value is -4.51. The number of hydrazone groups is 1. The monoisotopic (exact) mass is 587 g/mol. The van der Waals surface area contributed by atoms with Crippen LogP contribution in [0.15, 0.2) is 74.7 Å². The van der Waals surface area contributed by atoms with Crippen molar-refractivity contribution in [2.75, 3.05) is 32.3 Å². The summed E-state index contributed by atoms with van der Waals surface area (Å²) in [5, 5.41) is 5.83. The number of amides is 2. The largest absolute Gasteiger partial charge is 0.497 e. The molecule has 3 aromatic rings. The van der Waals surface area contributed by atoms with Crippen molar-refractivity contribution in [3.63, 3.8) is 0 Å². The van der Waals surface area contributed by atoms with Crippen molar-refractivity contribution in [3.8, 4) is 11.5 Å². The molecule has 0 radical (unpaired) electrons. The van der Waals surface area contributed by atoms with Gasteiger partial charge in [-0.25, -0.2) is 4.99 Å². The zero-order valence-corrected chi connectivity index (χ0v) is 25.3. The first-order valence-electron chi connectivity index (χ1n) is 13.7. The molecule has 2 amide bonds. The van der Waals surface area contributed by atoms with E-state index in [2.05, 4.69) is 5.10 Å². The van der Waals surface area contributed by atoms with Crippen molar-refractivity contribution < 1.29 is 19.1 Å². The molecule has 2 aliphatic heterocycles. The van der Waals surface area contributed by atoms with Gasteiger partial charge in [0.2, 0.25) is 0 Å². The number of aromatic nitrogens is 1. The zero-order valence-electron chi connectivity index (χ0n) is 24.5. The molecule has 3 heterocycles. The Bertz CT molecular complexity index is 1790. The molecule has 0 saturated heterocycles. The van der Waals surface area contributed by atoms with E-state index in [0.29, 0.717) is 62.2 Å². The Morgan fingerprint density at radius 3 is 2.40 bits per heavy atom. The molecule has 42 heavy (non-hydrogen) atoms. The number of benzene rings is 2. The first kappa shape index (κ1) is 29.0. The molecule has 1 aromatic heterocycles. The zero-order chi connectivity index (χ0) is 30.1. The summed E-state index contributed by atoms with van der Waals surface area (Å²) in [4.78, 5) is 48.4. The van der Waals surface area contributed by atoms with E-state index >= 15 is 0 Å². The highest BCUT2D eigenvalue weighted by Gasteiger charge is 2.37. The van der Waals surface area contributed by atoms with Gasteiger partial charge in [0.1, 0.15) is 23.5 Å². The van der Waals surface area contributed by atoms with E-state index in [9.17, 15) is 14.4 Å². The number of fused-ring (bicyclic) bond motifs is 1. The Labute approximate surface area is 247 Å². The van der Waals surface area contributed by atoms with Crippen molar-refractivity contribution in [2.24, 2.45) is 16.0 Å². The van der Waals surface area contributed by atoms with E-state index < -0.39 is 12.0 Å². The number of nitrogens with zero attached hydrogens (tertiary/aromatic N) is 5. The highest BCUT2D eigenvalue weighted by atomic mass is 32.1. The summed E-state index contributed by atoms with van der Waals surface area (Å²) in [6, 6.07) is 13.6. The first-order chi connectivity index (χ1) is 20.2. The topological polar surface area (TPSA) is 106 Å². The Kier molecular flexibility index (Phi) is 8.13. The second-order valence-corrected chi connectivity index (χ2v) is 10.9. The molecule has 2 aliphatic rings. The minimum absolute atomic E-state index is 0.210. The number of hydrogen-bond donors (Lipinski definition) is 0. The lowest BCUT2D eigenvalue weighted by Gasteiger charge is -2.30. The van der Waals surface area contributed by atoms with Crippen molar-refractivity contribution in [3.05, 3.63) is 85.1 Å². The van der Waals surface area contributed by atoms with Crippen LogP contribution in [0, 0.1) is 5.92 Å². The van der Waals surface area contributed by atoms with Crippen LogP contribution >= 0.6 is 11.3 Å². The summed E-state index contributed by atoms with van der Waals surface area (Å²) in [6.45, 7) is 8.37. The highest BCUT2D eigenvalue weighted by Crippen LogP contribution is 2.38. The van der Waals surface area contributed by atoms with Crippen LogP contribution in [-0.2, 0) is 9.59 Å². The van der Waals surface area contributed by atoms with Crippen molar-refractivity contribution in [2.45, 2.75) is 33.7 Å². The highest BCUT2D eigenvalue weighted by molar-refractivity contribution is 7.07. The predicted octanol–water partition coefficient (Wildman–Crippen LogP) is 3.11. The van der Waals surface area contributed by atoms with Gasteiger partial charge < -0.3 is 14.4 Å². The SMILES string of the molecule is CCN(CC)C(=O)C1=C(C)N=c2s/c(=C\[C@@H]3C(=O)N(c4ccccc4)N=C3C)c(=O)n2[C@H]1c1cc(OC)ccc1OC. The Morgan fingerprint density at radius 2 is 1.76 bits per heavy atom. The third kappa shape index (κ3) is 4.94. The molecule has 0 saturated carbocycles. The van der Waals surface area contributed by atoms with Crippen LogP contribution in [0.4, 0.5) is 5.69 Å². The van der Waals surface area contributed by atoms with Crippen LogP contribution in [0.2, 0.25) is 0 Å². The summed E-state index contributed by atoms with van der Waals surface area (Å²) >= 11 is 1.18. The molecular weight excluding hydrogens is 554 g/mol. The minimum atomic E-state index is -0.823. The number of ether oxygens (including phenoxy) is 2. The number of thiazole rings is 1. The molecule has 2 atom stereocenters. The van der Waals surface area contributed by atoms with Gasteiger partial charge in [-0.15, -0.1) is 0 Å². The van der Waals surface area contributed by atoms with Gasteiger partial charge >= 0.3 is 0 Å². The van der Waals surface area contributed by atoms with Gasteiger partial charge in [0.15, 0.2) is 4.80 Å². The number of para-hydroxylation sites is 1. The maximum Gasteiger partial charge on any atom is 0.270 e. The molecule has 218 valence electrons. The molecule has 10 nitrogen and oxygen atoms in total. The van der Waals surface area contributed by atoms with Crippen LogP contribution in [0.3, 0.4) is 0 Å². The number of hydrogen-bond acceptors (Lipinski definition) is 8. The third-order valence-corrected chi connectivity index (χ3v) is 8.54. The first-order valence-corrected chi connectivity index (χ1v) is 14.5. The van der Waals surface area contributed by atoms with Crippen LogP contribution in [-0.4, -0.2) is 54.3 Å². The maximum atomic E-state index is 14.2. The Balaban J connectivity index is 1.69. The smallest absolute Gasteiger partial charge is 0.270 e. The number of rotatable bonds is 8. The lowest BCUT2D eigenvalue weighted by atomic mass is 9.93. The quantitative estimate of drug-likeness (QED) is 0.403. The molecule has 0 bridgehead atoms. The number of allylic oxidation sites excluding steroid dienone is 1. The second-order valence-electron chi connectivity index (χ2n) is 9.89. The van der Waals surface area contributed by atoms with Crippen LogP contribution < -0.4 is 29.4 Å². The number of methoxy groups -OCH3 is 2. The normalized spacial score (nSPS) is 18.5. The molecule has 2 aromatic carbocycles. The van der Waals surface area contributed by atoms with Crippen molar-refractivity contribution in [1.82, 2.24) is 9.47 Å². The number of carbonyl (C=O) groups is 2. The summed E-state index contributed by atoms with van der Waals surface area (Å²) in [5.74, 6) is -0.111. The maximum absolute atomic E-state index is 14.2. The summed E-state index contributed by atoms with van der Waals surface area (Å²) in [7, 11) is 3.10. The average molecular weight is 588 g/mol. The van der Waals surface area contributed by atoms with E-state index in [-0.39, 0.29) is 17.4 Å². The number of likely N-dealkylation sites (N-methyl/N-ethyl adjacent to an activating group) is 1. The fourth-order valence-corrected chi connectivity index (χ4v) is 6.37. The average Bonchev–Trinajstić information content (AvgIpc) is 3.46. The summed E-state index contributed by atoms with van der Waals surface area (Å²) < 4.78 is 13.1. The molecular formula is C31H33N5O5S. The van der Waals surface area contributed by atoms with E-state index in [4.69, 9.17) is 14.5 Å². The molecule has 5 rings (SSSR count). The molecule has 0 spiro atoms. The van der Waals surface area contributed by atoms with Crippen LogP contribution in [0.1, 0.15) is 39.3 Å². The molecule has 11 heteroatoms. The van der Waals surface area contributed by atoms with Gasteiger partial charge in [-0.05, 0) is 64.1 Å². The van der Waals surface area contributed by atoms with Gasteiger partial charge in [0.25, 0.3) is 17.4 Å². The van der Waals surface area contributed by atoms with Gasteiger partial charge in [-0.3, -0.25) is 19.0 Å². The predicted molar refractivity (Wildman–Crippen MR) is 163 cm³/mol. The van der Waals surface area contributed by atoms with Crippen LogP contribution in [0.25, 0.3) is 6.08 Å². The van der Waals surface area contributed by atoms with Gasteiger partial charge in [0.05, 0.1) is 41.4 Å². The second kappa shape index (κ2) is 11.8. The van der Waals surface area contributed by atoms with Crippen molar-refractivity contribution >= 4 is 40.6 Å². The molecule has 0 N–H and O–H groups in total. The third-order valence-electron chi connectivity index (χ3n) is 7.54. The summed E-state index contributed by atoms with van der Waals surface area (Å²) in [5.41, 5.74) is 2.37. The van der Waals surface area contributed by atoms with E-state index in [1.807, 2.05) is 44.2 Å². The Morgan fingerprint density at radius 1 is 1.05 bits per heavy atom. The fourth-order valence-electron chi connectivity index (χ4n) is 5.31. The van der Waals surface area contributed by atoms with Gasteiger partial charge in [-0.2, -0.15) is 10.1 Å². The van der Waals surface area contributed by atoms with Crippen molar-refractivity contribution in [1.29, 1.82) is 0 Å². The van der Waals surface area contributed by atoms with E-state index in [1.54, 1.807) is 57.2 Å². The van der Waals surface area contributed by atoms with E-state index in [1.165, 1.54) is 20.9 Å². The standard InChI is InChI=1S/C31H33N5O5S/c1-7-34(8-2)30(39)26-19(4)32-31-35(27(26)23-16-21(40-5)14-15-24(23)41-6)29(38)25(42-31)17-22-18(3)33-36(28(22)37)20-12-10-9-11-13-20/h9-17,22,27H,7-8H2,1-6H3/b25-17-/t22-,27-/m0/s1. The fraction of sp³-hybridized carbons (Fsp3) is 0.323. The van der Waals surface area contributed by atoms with Gasteiger partial charge in [0, 0.05) is 18.7 Å². The van der Waals surface area contributed by atoms with Crippen LogP contribution in [0.5, 0.6) is 11.5 Å². The molecule has 0 unspecified atom stereocenters. The lowest BCUT2D eigenvalue weighted by molar-refractivity contribution is -0.127.